The highest BCUT2D eigenvalue weighted by Crippen LogP contribution is 2.45. The van der Waals surface area contributed by atoms with Gasteiger partial charge in [-0.1, -0.05) is 12.1 Å². The SMILES string of the molecule is O=C(C1CCCN1)N1CCc2c(-c3cn[nH]c3C3CC3)cccc21. The molecule has 0 spiro atoms. The third-order valence-corrected chi connectivity index (χ3v) is 5.60. The lowest BCUT2D eigenvalue weighted by atomic mass is 9.97. The lowest BCUT2D eigenvalue weighted by molar-refractivity contribution is -0.120. The molecule has 1 saturated carbocycles. The molecule has 2 aromatic rings. The third kappa shape index (κ3) is 2.18. The highest BCUT2D eigenvalue weighted by atomic mass is 16.2. The van der Waals surface area contributed by atoms with Gasteiger partial charge < -0.3 is 10.2 Å². The van der Waals surface area contributed by atoms with Crippen molar-refractivity contribution in [2.45, 2.75) is 44.1 Å². The number of aromatic nitrogens is 2. The van der Waals surface area contributed by atoms with Crippen LogP contribution in [-0.2, 0) is 11.2 Å². The molecule has 124 valence electrons. The number of hydrogen-bond acceptors (Lipinski definition) is 3. The number of carbonyl (C=O) groups excluding carboxylic acids is 1. The van der Waals surface area contributed by atoms with Gasteiger partial charge >= 0.3 is 0 Å². The number of anilines is 1. The average Bonchev–Trinajstić information content (AvgIpc) is 3.07. The standard InChI is InChI=1S/C19H22N4O/c24-19(16-4-2-9-20-16)23-10-8-14-13(3-1-5-17(14)23)15-11-21-22-18(15)12-6-7-12/h1,3,5,11-12,16,20H,2,4,6-10H2,(H,21,22). The normalized spacial score (nSPS) is 22.8. The molecule has 3 heterocycles. The lowest BCUT2D eigenvalue weighted by Gasteiger charge is -2.21. The van der Waals surface area contributed by atoms with E-state index in [1.54, 1.807) is 0 Å². The Morgan fingerprint density at radius 1 is 1.21 bits per heavy atom. The van der Waals surface area contributed by atoms with Crippen molar-refractivity contribution in [2.24, 2.45) is 0 Å². The number of fused-ring (bicyclic) bond motifs is 1. The first-order valence-electron chi connectivity index (χ1n) is 9.03. The van der Waals surface area contributed by atoms with Gasteiger partial charge in [0, 0.05) is 29.4 Å². The second-order valence-corrected chi connectivity index (χ2v) is 7.16. The van der Waals surface area contributed by atoms with E-state index in [1.807, 2.05) is 11.1 Å². The van der Waals surface area contributed by atoms with E-state index in [0.717, 1.165) is 38.0 Å². The highest BCUT2D eigenvalue weighted by Gasteiger charge is 2.34. The molecule has 2 fully saturated rings. The van der Waals surface area contributed by atoms with Crippen molar-refractivity contribution in [1.29, 1.82) is 0 Å². The molecule has 5 nitrogen and oxygen atoms in total. The smallest absolute Gasteiger partial charge is 0.244 e. The van der Waals surface area contributed by atoms with E-state index >= 15 is 0 Å². The van der Waals surface area contributed by atoms with Crippen molar-refractivity contribution in [3.8, 4) is 11.1 Å². The van der Waals surface area contributed by atoms with E-state index < -0.39 is 0 Å². The van der Waals surface area contributed by atoms with Crippen molar-refractivity contribution in [1.82, 2.24) is 15.5 Å². The van der Waals surface area contributed by atoms with Crippen LogP contribution in [0.4, 0.5) is 5.69 Å². The fraction of sp³-hybridized carbons (Fsp3) is 0.474. The Hall–Kier alpha value is -2.14. The first kappa shape index (κ1) is 14.2. The molecule has 2 N–H and O–H groups in total. The van der Waals surface area contributed by atoms with E-state index in [4.69, 9.17) is 0 Å². The van der Waals surface area contributed by atoms with Crippen molar-refractivity contribution < 1.29 is 4.79 Å². The van der Waals surface area contributed by atoms with Gasteiger partial charge in [0.15, 0.2) is 0 Å². The number of benzene rings is 1. The molecule has 5 rings (SSSR count). The molecule has 1 aliphatic carbocycles. The summed E-state index contributed by atoms with van der Waals surface area (Å²) < 4.78 is 0. The van der Waals surface area contributed by atoms with Gasteiger partial charge in [-0.2, -0.15) is 5.10 Å². The summed E-state index contributed by atoms with van der Waals surface area (Å²) in [6.45, 7) is 1.75. The molecule has 1 aromatic heterocycles. The number of amides is 1. The predicted molar refractivity (Wildman–Crippen MR) is 93.1 cm³/mol. The number of aromatic amines is 1. The number of rotatable bonds is 3. The fourth-order valence-electron chi connectivity index (χ4n) is 4.19. The van der Waals surface area contributed by atoms with Crippen LogP contribution in [-0.4, -0.2) is 35.2 Å². The van der Waals surface area contributed by atoms with Crippen LogP contribution in [0.25, 0.3) is 11.1 Å². The minimum atomic E-state index is -0.00411. The van der Waals surface area contributed by atoms with Crippen LogP contribution in [0.15, 0.2) is 24.4 Å². The second kappa shape index (κ2) is 5.45. The summed E-state index contributed by atoms with van der Waals surface area (Å²) in [6, 6.07) is 6.34. The molecule has 1 aromatic carbocycles. The first-order chi connectivity index (χ1) is 11.8. The van der Waals surface area contributed by atoms with Crippen LogP contribution in [0.5, 0.6) is 0 Å². The van der Waals surface area contributed by atoms with Crippen molar-refractivity contribution in [3.63, 3.8) is 0 Å². The fourth-order valence-corrected chi connectivity index (χ4v) is 4.19. The number of H-pyrrole nitrogens is 1. The molecule has 24 heavy (non-hydrogen) atoms. The molecule has 0 bridgehead atoms. The van der Waals surface area contributed by atoms with E-state index in [9.17, 15) is 4.79 Å². The van der Waals surface area contributed by atoms with Crippen molar-refractivity contribution in [3.05, 3.63) is 35.7 Å². The minimum Gasteiger partial charge on any atom is -0.310 e. The molecule has 0 radical (unpaired) electrons. The van der Waals surface area contributed by atoms with Crippen LogP contribution in [0.3, 0.4) is 0 Å². The van der Waals surface area contributed by atoms with Crippen LogP contribution in [0.1, 0.15) is 42.9 Å². The van der Waals surface area contributed by atoms with Gasteiger partial charge in [-0.05, 0) is 55.8 Å². The maximum atomic E-state index is 12.8. The molecular weight excluding hydrogens is 300 g/mol. The zero-order chi connectivity index (χ0) is 16.1. The lowest BCUT2D eigenvalue weighted by Crippen LogP contribution is -2.42. The maximum absolute atomic E-state index is 12.8. The summed E-state index contributed by atoms with van der Waals surface area (Å²) in [7, 11) is 0. The van der Waals surface area contributed by atoms with E-state index in [2.05, 4.69) is 33.7 Å². The van der Waals surface area contributed by atoms with E-state index in [-0.39, 0.29) is 11.9 Å². The Kier molecular flexibility index (Phi) is 3.23. The number of nitrogens with one attached hydrogen (secondary N) is 2. The Bertz CT molecular complexity index is 786. The third-order valence-electron chi connectivity index (χ3n) is 5.60. The zero-order valence-corrected chi connectivity index (χ0v) is 13.7. The van der Waals surface area contributed by atoms with E-state index in [1.165, 1.54) is 35.2 Å². The second-order valence-electron chi connectivity index (χ2n) is 7.16. The number of nitrogens with zero attached hydrogens (tertiary/aromatic N) is 2. The summed E-state index contributed by atoms with van der Waals surface area (Å²) in [6.07, 6.45) is 7.44. The number of hydrogen-bond donors (Lipinski definition) is 2. The van der Waals surface area contributed by atoms with Gasteiger partial charge in [0.25, 0.3) is 0 Å². The molecule has 2 aliphatic heterocycles. The van der Waals surface area contributed by atoms with Gasteiger partial charge in [-0.3, -0.25) is 9.89 Å². The quantitative estimate of drug-likeness (QED) is 0.913. The highest BCUT2D eigenvalue weighted by molar-refractivity contribution is 6.00. The summed E-state index contributed by atoms with van der Waals surface area (Å²) >= 11 is 0. The largest absolute Gasteiger partial charge is 0.310 e. The molecule has 3 aliphatic rings. The Balaban J connectivity index is 1.52. The number of carbonyl (C=O) groups is 1. The summed E-state index contributed by atoms with van der Waals surface area (Å²) in [5.41, 5.74) is 6.13. The van der Waals surface area contributed by atoms with Gasteiger partial charge in [0.2, 0.25) is 5.91 Å². The maximum Gasteiger partial charge on any atom is 0.244 e. The summed E-state index contributed by atoms with van der Waals surface area (Å²) in [4.78, 5) is 14.8. The van der Waals surface area contributed by atoms with Crippen LogP contribution >= 0.6 is 0 Å². The monoisotopic (exact) mass is 322 g/mol. The molecule has 1 atom stereocenters. The van der Waals surface area contributed by atoms with E-state index in [0.29, 0.717) is 5.92 Å². The van der Waals surface area contributed by atoms with Crippen molar-refractivity contribution >= 4 is 11.6 Å². The predicted octanol–water partition coefficient (Wildman–Crippen LogP) is 2.60. The van der Waals surface area contributed by atoms with Gasteiger partial charge in [0.1, 0.15) is 0 Å². The molecule has 1 saturated heterocycles. The zero-order valence-electron chi connectivity index (χ0n) is 13.7. The Labute approximate surface area is 141 Å². The van der Waals surface area contributed by atoms with Gasteiger partial charge in [-0.15, -0.1) is 0 Å². The first-order valence-corrected chi connectivity index (χ1v) is 9.03. The topological polar surface area (TPSA) is 61.0 Å². The Morgan fingerprint density at radius 2 is 2.12 bits per heavy atom. The molecular formula is C19H22N4O. The molecule has 5 heteroatoms. The molecule has 1 unspecified atom stereocenters. The molecule has 1 amide bonds. The van der Waals surface area contributed by atoms with Crippen LogP contribution in [0.2, 0.25) is 0 Å². The van der Waals surface area contributed by atoms with Crippen LogP contribution in [0, 0.1) is 0 Å². The summed E-state index contributed by atoms with van der Waals surface area (Å²) in [5.74, 6) is 0.873. The minimum absolute atomic E-state index is 0.00411. The average molecular weight is 322 g/mol. The van der Waals surface area contributed by atoms with Gasteiger partial charge in [-0.25, -0.2) is 0 Å². The van der Waals surface area contributed by atoms with Gasteiger partial charge in [0.05, 0.1) is 12.2 Å². The van der Waals surface area contributed by atoms with Crippen LogP contribution < -0.4 is 10.2 Å². The summed E-state index contributed by atoms with van der Waals surface area (Å²) in [5, 5.41) is 10.8. The van der Waals surface area contributed by atoms with Crippen molar-refractivity contribution in [2.75, 3.05) is 18.0 Å². The Morgan fingerprint density at radius 3 is 2.92 bits per heavy atom.